The van der Waals surface area contributed by atoms with Crippen LogP contribution in [0.2, 0.25) is 0 Å². The second kappa shape index (κ2) is 5.50. The Morgan fingerprint density at radius 1 is 1.39 bits per heavy atom. The third-order valence-electron chi connectivity index (χ3n) is 2.28. The number of amides is 2. The molecule has 1 saturated heterocycles. The van der Waals surface area contributed by atoms with Crippen LogP contribution in [0.4, 0.5) is 0 Å². The summed E-state index contributed by atoms with van der Waals surface area (Å²) in [7, 11) is 0. The number of carbonyl (C=O) groups excluding carboxylic acids is 2. The average Bonchev–Trinajstić information content (AvgIpc) is 2.57. The highest BCUT2D eigenvalue weighted by Crippen LogP contribution is 2.32. The van der Waals surface area contributed by atoms with Crippen LogP contribution < -0.4 is 0 Å². The molecule has 3 nitrogen and oxygen atoms in total. The molecule has 1 fully saturated rings. The third kappa shape index (κ3) is 2.81. The molecule has 0 aromatic heterocycles. The highest BCUT2D eigenvalue weighted by atomic mass is 127. The molecule has 0 atom stereocenters. The zero-order valence-electron chi connectivity index (χ0n) is 9.34. The molecule has 0 spiro atoms. The highest BCUT2D eigenvalue weighted by molar-refractivity contribution is 14.1. The lowest BCUT2D eigenvalue weighted by Gasteiger charge is -2.07. The predicted molar refractivity (Wildman–Crippen MR) is 84.9 cm³/mol. The van der Waals surface area contributed by atoms with Gasteiger partial charge in [0, 0.05) is 10.5 Å². The van der Waals surface area contributed by atoms with E-state index in [1.54, 1.807) is 6.08 Å². The largest absolute Gasteiger partial charge is 0.274 e. The summed E-state index contributed by atoms with van der Waals surface area (Å²) in [5.74, 6) is -0.681. The number of thioether (sulfide) groups is 1. The molecule has 0 saturated carbocycles. The SMILES string of the molecule is CC(=O)N1C(=O)/C(=C\c2ccc(I)cc2)SC1=S. The van der Waals surface area contributed by atoms with E-state index in [2.05, 4.69) is 22.6 Å². The first-order valence-electron chi connectivity index (χ1n) is 5.03. The van der Waals surface area contributed by atoms with Crippen LogP contribution in [-0.2, 0) is 9.59 Å². The molecule has 6 heteroatoms. The summed E-state index contributed by atoms with van der Waals surface area (Å²) < 4.78 is 1.42. The van der Waals surface area contributed by atoms with Crippen molar-refractivity contribution in [2.75, 3.05) is 0 Å². The lowest BCUT2D eigenvalue weighted by atomic mass is 10.2. The number of carbonyl (C=O) groups is 2. The van der Waals surface area contributed by atoms with E-state index in [9.17, 15) is 9.59 Å². The molecule has 0 N–H and O–H groups in total. The van der Waals surface area contributed by atoms with Gasteiger partial charge in [-0.25, -0.2) is 4.90 Å². The third-order valence-corrected chi connectivity index (χ3v) is 4.30. The second-order valence-corrected chi connectivity index (χ2v) is 6.51. The fourth-order valence-corrected chi connectivity index (χ4v) is 3.15. The standard InChI is InChI=1S/C12H8INO2S2/c1-7(15)14-11(16)10(18-12(14)17)6-8-2-4-9(13)5-3-8/h2-6H,1H3/b10-6+. The van der Waals surface area contributed by atoms with Gasteiger partial charge in [0.25, 0.3) is 5.91 Å². The Labute approximate surface area is 128 Å². The van der Waals surface area contributed by atoms with Crippen LogP contribution in [0.25, 0.3) is 6.08 Å². The Hall–Kier alpha value is -0.730. The van der Waals surface area contributed by atoms with Crippen molar-refractivity contribution >= 4 is 68.8 Å². The first-order valence-corrected chi connectivity index (χ1v) is 7.33. The molecule has 92 valence electrons. The van der Waals surface area contributed by atoms with Crippen molar-refractivity contribution in [2.24, 2.45) is 0 Å². The maximum absolute atomic E-state index is 12.0. The number of imide groups is 1. The maximum atomic E-state index is 12.0. The van der Waals surface area contributed by atoms with E-state index in [0.29, 0.717) is 9.23 Å². The van der Waals surface area contributed by atoms with Crippen LogP contribution in [0.1, 0.15) is 12.5 Å². The van der Waals surface area contributed by atoms with E-state index in [4.69, 9.17) is 12.2 Å². The number of thiocarbonyl (C=S) groups is 1. The minimum absolute atomic E-state index is 0.296. The lowest BCUT2D eigenvalue weighted by Crippen LogP contribution is -2.32. The normalized spacial score (nSPS) is 17.7. The molecule has 2 rings (SSSR count). The van der Waals surface area contributed by atoms with E-state index in [1.807, 2.05) is 24.3 Å². The molecule has 0 bridgehead atoms. The van der Waals surface area contributed by atoms with Gasteiger partial charge in [0.1, 0.15) is 0 Å². The van der Waals surface area contributed by atoms with Crippen LogP contribution >= 0.6 is 46.6 Å². The van der Waals surface area contributed by atoms with E-state index < -0.39 is 0 Å². The summed E-state index contributed by atoms with van der Waals surface area (Å²) in [5.41, 5.74) is 0.916. The number of hydrogen-bond donors (Lipinski definition) is 0. The minimum atomic E-state index is -0.344. The first-order chi connectivity index (χ1) is 8.49. The van der Waals surface area contributed by atoms with Gasteiger partial charge in [0.2, 0.25) is 5.91 Å². The lowest BCUT2D eigenvalue weighted by molar-refractivity contribution is -0.135. The molecule has 1 aliphatic heterocycles. The summed E-state index contributed by atoms with van der Waals surface area (Å²) in [6, 6.07) is 7.75. The van der Waals surface area contributed by atoms with Crippen molar-refractivity contribution in [3.05, 3.63) is 38.3 Å². The summed E-state index contributed by atoms with van der Waals surface area (Å²) in [4.78, 5) is 24.8. The Balaban J connectivity index is 2.30. The van der Waals surface area contributed by atoms with Crippen LogP contribution in [0.3, 0.4) is 0 Å². The molecule has 1 aromatic carbocycles. The van der Waals surface area contributed by atoms with Gasteiger partial charge in [-0.05, 0) is 46.4 Å². The molecule has 1 heterocycles. The van der Waals surface area contributed by atoms with E-state index in [1.165, 1.54) is 6.92 Å². The summed E-state index contributed by atoms with van der Waals surface area (Å²) >= 11 is 8.38. The maximum Gasteiger partial charge on any atom is 0.273 e. The van der Waals surface area contributed by atoms with E-state index in [0.717, 1.165) is 25.8 Å². The minimum Gasteiger partial charge on any atom is -0.274 e. The van der Waals surface area contributed by atoms with Crippen LogP contribution in [0.15, 0.2) is 29.2 Å². The predicted octanol–water partition coefficient (Wildman–Crippen LogP) is 3.04. The first kappa shape index (κ1) is 13.7. The van der Waals surface area contributed by atoms with Crippen molar-refractivity contribution in [1.82, 2.24) is 4.90 Å². The fraction of sp³-hybridized carbons (Fsp3) is 0.0833. The van der Waals surface area contributed by atoms with Crippen molar-refractivity contribution in [3.8, 4) is 0 Å². The summed E-state index contributed by atoms with van der Waals surface area (Å²) in [5, 5.41) is 0. The van der Waals surface area contributed by atoms with E-state index >= 15 is 0 Å². The zero-order valence-corrected chi connectivity index (χ0v) is 13.1. The summed E-state index contributed by atoms with van der Waals surface area (Å²) in [6.45, 7) is 1.33. The Morgan fingerprint density at radius 2 is 2.00 bits per heavy atom. The van der Waals surface area contributed by atoms with Crippen molar-refractivity contribution in [1.29, 1.82) is 0 Å². The molecule has 1 aliphatic rings. The fourth-order valence-electron chi connectivity index (χ4n) is 1.45. The van der Waals surface area contributed by atoms with E-state index in [-0.39, 0.29) is 11.8 Å². The quantitative estimate of drug-likeness (QED) is 0.421. The van der Waals surface area contributed by atoms with Gasteiger partial charge in [0.05, 0.1) is 4.91 Å². The number of benzene rings is 1. The van der Waals surface area contributed by atoms with Gasteiger partial charge in [-0.1, -0.05) is 36.1 Å². The Morgan fingerprint density at radius 3 is 2.50 bits per heavy atom. The van der Waals surface area contributed by atoms with Gasteiger partial charge >= 0.3 is 0 Å². The second-order valence-electron chi connectivity index (χ2n) is 3.59. The molecule has 0 unspecified atom stereocenters. The number of hydrogen-bond acceptors (Lipinski definition) is 4. The molecule has 0 radical (unpaired) electrons. The zero-order chi connectivity index (χ0) is 13.3. The van der Waals surface area contributed by atoms with Gasteiger partial charge in [-0.3, -0.25) is 9.59 Å². The van der Waals surface area contributed by atoms with Gasteiger partial charge in [-0.2, -0.15) is 0 Å². The van der Waals surface area contributed by atoms with Gasteiger partial charge in [-0.15, -0.1) is 0 Å². The smallest absolute Gasteiger partial charge is 0.273 e. The van der Waals surface area contributed by atoms with Crippen molar-refractivity contribution < 1.29 is 9.59 Å². The average molecular weight is 389 g/mol. The Kier molecular flexibility index (Phi) is 4.18. The highest BCUT2D eigenvalue weighted by Gasteiger charge is 2.34. The van der Waals surface area contributed by atoms with Gasteiger partial charge in [0.15, 0.2) is 4.32 Å². The van der Waals surface area contributed by atoms with Crippen molar-refractivity contribution in [3.63, 3.8) is 0 Å². The molecule has 18 heavy (non-hydrogen) atoms. The topological polar surface area (TPSA) is 37.4 Å². The molecule has 2 amide bonds. The molecular formula is C12H8INO2S2. The number of halogens is 1. The molecule has 1 aromatic rings. The number of nitrogens with zero attached hydrogens (tertiary/aromatic N) is 1. The number of rotatable bonds is 1. The van der Waals surface area contributed by atoms with Crippen LogP contribution in [0.5, 0.6) is 0 Å². The molecule has 0 aliphatic carbocycles. The summed E-state index contributed by atoms with van der Waals surface area (Å²) in [6.07, 6.45) is 1.75. The van der Waals surface area contributed by atoms with Crippen LogP contribution in [-0.4, -0.2) is 21.0 Å². The monoisotopic (exact) mass is 389 g/mol. The van der Waals surface area contributed by atoms with Gasteiger partial charge < -0.3 is 0 Å². The van der Waals surface area contributed by atoms with Crippen LogP contribution in [0, 0.1) is 3.57 Å². The van der Waals surface area contributed by atoms with Crippen molar-refractivity contribution in [2.45, 2.75) is 6.92 Å². The molecular weight excluding hydrogens is 381 g/mol. The Bertz CT molecular complexity index is 566.